The molecule has 0 amide bonds. The van der Waals surface area contributed by atoms with Crippen LogP contribution in [0.15, 0.2) is 28.9 Å². The van der Waals surface area contributed by atoms with E-state index in [1.54, 1.807) is 6.26 Å². The van der Waals surface area contributed by atoms with Gasteiger partial charge < -0.3 is 14.8 Å². The minimum atomic E-state index is -0.0725. The van der Waals surface area contributed by atoms with Crippen molar-refractivity contribution < 1.29 is 9.52 Å². The lowest BCUT2D eigenvalue weighted by molar-refractivity contribution is 0.117. The highest BCUT2D eigenvalue weighted by molar-refractivity contribution is 5.42. The Hall–Kier alpha value is -1.06. The Labute approximate surface area is 96.2 Å². The Morgan fingerprint density at radius 2 is 2.19 bits per heavy atom. The second kappa shape index (κ2) is 5.87. The quantitative estimate of drug-likeness (QED) is 0.819. The minimum Gasteiger partial charge on any atom is -0.465 e. The number of nitrogens with one attached hydrogen (secondary N) is 1. The van der Waals surface area contributed by atoms with Crippen LogP contribution >= 0.6 is 0 Å². The second-order valence-corrected chi connectivity index (χ2v) is 4.33. The lowest BCUT2D eigenvalue weighted by Gasteiger charge is -2.25. The van der Waals surface area contributed by atoms with Crippen molar-refractivity contribution in [3.8, 4) is 0 Å². The Balaban J connectivity index is 1.64. The van der Waals surface area contributed by atoms with Crippen molar-refractivity contribution in [3.63, 3.8) is 0 Å². The zero-order valence-electron chi connectivity index (χ0n) is 9.43. The molecule has 16 heavy (non-hydrogen) atoms. The average molecular weight is 221 g/mol. The predicted molar refractivity (Wildman–Crippen MR) is 64.0 cm³/mol. The summed E-state index contributed by atoms with van der Waals surface area (Å²) in [7, 11) is 0. The summed E-state index contributed by atoms with van der Waals surface area (Å²) in [6.45, 7) is 0.863. The fourth-order valence-electron chi connectivity index (χ4n) is 2.08. The van der Waals surface area contributed by atoms with Crippen LogP contribution in [0.5, 0.6) is 0 Å². The van der Waals surface area contributed by atoms with Gasteiger partial charge in [-0.05, 0) is 43.9 Å². The summed E-state index contributed by atoms with van der Waals surface area (Å²) < 4.78 is 5.19. The number of aliphatic hydroxyl groups is 1. The molecule has 0 unspecified atom stereocenters. The van der Waals surface area contributed by atoms with Crippen LogP contribution in [-0.4, -0.2) is 23.8 Å². The van der Waals surface area contributed by atoms with Crippen LogP contribution in [0.25, 0.3) is 6.08 Å². The molecule has 1 aliphatic rings. The van der Waals surface area contributed by atoms with Gasteiger partial charge in [-0.3, -0.25) is 0 Å². The van der Waals surface area contributed by atoms with E-state index >= 15 is 0 Å². The van der Waals surface area contributed by atoms with Crippen LogP contribution in [0.3, 0.4) is 0 Å². The Bertz CT molecular complexity index is 311. The molecular formula is C13H19NO2. The number of furan rings is 1. The molecule has 0 saturated heterocycles. The summed E-state index contributed by atoms with van der Waals surface area (Å²) in [6, 6.07) is 4.38. The molecule has 1 aromatic rings. The molecule has 2 rings (SSSR count). The van der Waals surface area contributed by atoms with Crippen LogP contribution in [0.4, 0.5) is 0 Å². The molecule has 0 spiro atoms. The largest absolute Gasteiger partial charge is 0.465 e. The maximum absolute atomic E-state index is 9.37. The summed E-state index contributed by atoms with van der Waals surface area (Å²) in [5.41, 5.74) is 0. The number of hydrogen-bond acceptors (Lipinski definition) is 3. The van der Waals surface area contributed by atoms with Crippen molar-refractivity contribution in [1.29, 1.82) is 0 Å². The molecule has 0 aromatic carbocycles. The normalized spacial score (nSPS) is 26.3. The Morgan fingerprint density at radius 3 is 2.88 bits per heavy atom. The molecule has 0 atom stereocenters. The van der Waals surface area contributed by atoms with E-state index < -0.39 is 0 Å². The summed E-state index contributed by atoms with van der Waals surface area (Å²) in [6.07, 6.45) is 9.67. The third-order valence-corrected chi connectivity index (χ3v) is 3.05. The van der Waals surface area contributed by atoms with Crippen LogP contribution in [0.2, 0.25) is 0 Å². The SMILES string of the molecule is OC1CCC(NC/C=C/c2ccco2)CC1. The van der Waals surface area contributed by atoms with Crippen LogP contribution in [-0.2, 0) is 0 Å². The van der Waals surface area contributed by atoms with Crippen molar-refractivity contribution in [1.82, 2.24) is 5.32 Å². The predicted octanol–water partition coefficient (Wildman–Crippen LogP) is 2.19. The van der Waals surface area contributed by atoms with Crippen LogP contribution in [0.1, 0.15) is 31.4 Å². The van der Waals surface area contributed by atoms with Gasteiger partial charge in [0.15, 0.2) is 0 Å². The van der Waals surface area contributed by atoms with Crippen molar-refractivity contribution in [2.45, 2.75) is 37.8 Å². The first-order chi connectivity index (χ1) is 7.84. The molecule has 0 bridgehead atoms. The highest BCUT2D eigenvalue weighted by Gasteiger charge is 2.17. The molecule has 0 radical (unpaired) electrons. The molecule has 1 heterocycles. The van der Waals surface area contributed by atoms with Gasteiger partial charge in [-0.1, -0.05) is 6.08 Å². The van der Waals surface area contributed by atoms with Crippen molar-refractivity contribution in [3.05, 3.63) is 30.2 Å². The lowest BCUT2D eigenvalue weighted by Crippen LogP contribution is -2.34. The van der Waals surface area contributed by atoms with Crippen molar-refractivity contribution in [2.24, 2.45) is 0 Å². The van der Waals surface area contributed by atoms with E-state index in [0.717, 1.165) is 38.0 Å². The van der Waals surface area contributed by atoms with Crippen LogP contribution < -0.4 is 5.32 Å². The van der Waals surface area contributed by atoms with Crippen molar-refractivity contribution in [2.75, 3.05) is 6.54 Å². The zero-order chi connectivity index (χ0) is 11.2. The standard InChI is InChI=1S/C13H19NO2/c15-12-7-5-11(6-8-12)14-9-1-3-13-4-2-10-16-13/h1-4,10-12,14-15H,5-9H2/b3-1+. The van der Waals surface area contributed by atoms with Gasteiger partial charge in [-0.25, -0.2) is 0 Å². The summed E-state index contributed by atoms with van der Waals surface area (Å²) in [5.74, 6) is 0.890. The van der Waals surface area contributed by atoms with E-state index in [1.807, 2.05) is 18.2 Å². The first kappa shape index (κ1) is 11.4. The van der Waals surface area contributed by atoms with E-state index in [0.29, 0.717) is 6.04 Å². The molecule has 3 nitrogen and oxygen atoms in total. The lowest BCUT2D eigenvalue weighted by atomic mass is 9.93. The molecule has 3 heteroatoms. The molecule has 1 saturated carbocycles. The molecule has 1 fully saturated rings. The fraction of sp³-hybridized carbons (Fsp3) is 0.538. The highest BCUT2D eigenvalue weighted by atomic mass is 16.3. The first-order valence-corrected chi connectivity index (χ1v) is 5.96. The minimum absolute atomic E-state index is 0.0725. The van der Waals surface area contributed by atoms with Gasteiger partial charge in [0.05, 0.1) is 12.4 Å². The Kier molecular flexibility index (Phi) is 4.19. The molecular weight excluding hydrogens is 202 g/mol. The van der Waals surface area contributed by atoms with E-state index in [2.05, 4.69) is 11.4 Å². The van der Waals surface area contributed by atoms with Gasteiger partial charge in [0.25, 0.3) is 0 Å². The molecule has 88 valence electrons. The first-order valence-electron chi connectivity index (χ1n) is 5.96. The van der Waals surface area contributed by atoms with E-state index in [4.69, 9.17) is 4.42 Å². The molecule has 0 aliphatic heterocycles. The number of hydrogen-bond donors (Lipinski definition) is 2. The van der Waals surface area contributed by atoms with E-state index in [1.165, 1.54) is 0 Å². The number of aliphatic hydroxyl groups excluding tert-OH is 1. The maximum atomic E-state index is 9.37. The summed E-state index contributed by atoms with van der Waals surface area (Å²) in [5, 5.41) is 12.8. The van der Waals surface area contributed by atoms with Gasteiger partial charge in [0, 0.05) is 12.6 Å². The number of rotatable bonds is 4. The summed E-state index contributed by atoms with van der Waals surface area (Å²) in [4.78, 5) is 0. The Morgan fingerprint density at radius 1 is 1.38 bits per heavy atom. The fourth-order valence-corrected chi connectivity index (χ4v) is 2.08. The summed E-state index contributed by atoms with van der Waals surface area (Å²) >= 11 is 0. The van der Waals surface area contributed by atoms with Crippen molar-refractivity contribution >= 4 is 6.08 Å². The third kappa shape index (κ3) is 3.51. The third-order valence-electron chi connectivity index (χ3n) is 3.05. The topological polar surface area (TPSA) is 45.4 Å². The van der Waals surface area contributed by atoms with E-state index in [-0.39, 0.29) is 6.10 Å². The smallest absolute Gasteiger partial charge is 0.126 e. The van der Waals surface area contributed by atoms with Gasteiger partial charge in [0.1, 0.15) is 5.76 Å². The molecule has 1 aliphatic carbocycles. The molecule has 1 aromatic heterocycles. The van der Waals surface area contributed by atoms with Gasteiger partial charge >= 0.3 is 0 Å². The van der Waals surface area contributed by atoms with Crippen LogP contribution in [0, 0.1) is 0 Å². The zero-order valence-corrected chi connectivity index (χ0v) is 9.43. The monoisotopic (exact) mass is 221 g/mol. The maximum Gasteiger partial charge on any atom is 0.126 e. The molecule has 2 N–H and O–H groups in total. The van der Waals surface area contributed by atoms with Gasteiger partial charge in [-0.15, -0.1) is 0 Å². The van der Waals surface area contributed by atoms with Gasteiger partial charge in [-0.2, -0.15) is 0 Å². The average Bonchev–Trinajstić information content (AvgIpc) is 2.80. The van der Waals surface area contributed by atoms with Gasteiger partial charge in [0.2, 0.25) is 0 Å². The van der Waals surface area contributed by atoms with E-state index in [9.17, 15) is 5.11 Å². The highest BCUT2D eigenvalue weighted by Crippen LogP contribution is 2.17. The second-order valence-electron chi connectivity index (χ2n) is 4.33.